The Bertz CT molecular complexity index is 210. The van der Waals surface area contributed by atoms with Gasteiger partial charge in [-0.1, -0.05) is 6.92 Å². The van der Waals surface area contributed by atoms with Gasteiger partial charge in [-0.05, 0) is 51.2 Å². The highest BCUT2D eigenvalue weighted by atomic mass is 16.5. The maximum absolute atomic E-state index is 5.21. The molecule has 0 aromatic rings. The number of methoxy groups -OCH3 is 1. The first-order valence-corrected chi connectivity index (χ1v) is 6.79. The lowest BCUT2D eigenvalue weighted by Crippen LogP contribution is -2.31. The first-order chi connectivity index (χ1) is 7.83. The molecule has 3 heteroatoms. The molecule has 0 aromatic carbocycles. The molecular formula is C13H26N2O. The molecule has 0 bridgehead atoms. The summed E-state index contributed by atoms with van der Waals surface area (Å²) >= 11 is 0. The molecule has 1 N–H and O–H groups in total. The van der Waals surface area contributed by atoms with Crippen LogP contribution in [-0.4, -0.2) is 50.3 Å². The van der Waals surface area contributed by atoms with Gasteiger partial charge >= 0.3 is 0 Å². The van der Waals surface area contributed by atoms with Crippen LogP contribution in [0.25, 0.3) is 0 Å². The highest BCUT2D eigenvalue weighted by Crippen LogP contribution is 2.27. The van der Waals surface area contributed by atoms with E-state index in [0.29, 0.717) is 6.04 Å². The minimum absolute atomic E-state index is 0.603. The van der Waals surface area contributed by atoms with E-state index < -0.39 is 0 Å². The van der Waals surface area contributed by atoms with Crippen LogP contribution in [-0.2, 0) is 4.74 Å². The maximum atomic E-state index is 5.21. The Morgan fingerprint density at radius 3 is 3.06 bits per heavy atom. The second-order valence-corrected chi connectivity index (χ2v) is 5.32. The largest absolute Gasteiger partial charge is 0.383 e. The van der Waals surface area contributed by atoms with E-state index in [9.17, 15) is 0 Å². The predicted molar refractivity (Wildman–Crippen MR) is 66.7 cm³/mol. The molecule has 3 unspecified atom stereocenters. The third-order valence-corrected chi connectivity index (χ3v) is 4.19. The number of likely N-dealkylation sites (tertiary alicyclic amines) is 1. The molecule has 2 rings (SSSR count). The van der Waals surface area contributed by atoms with E-state index in [-0.39, 0.29) is 0 Å². The second-order valence-electron chi connectivity index (χ2n) is 5.32. The summed E-state index contributed by atoms with van der Waals surface area (Å²) in [6, 6.07) is 1.46. The molecule has 0 aromatic heterocycles. The molecule has 0 saturated carbocycles. The molecule has 3 nitrogen and oxygen atoms in total. The lowest BCUT2D eigenvalue weighted by molar-refractivity contribution is 0.170. The van der Waals surface area contributed by atoms with Crippen molar-refractivity contribution in [3.8, 4) is 0 Å². The number of ether oxygens (including phenoxy) is 1. The van der Waals surface area contributed by atoms with Crippen LogP contribution in [0.4, 0.5) is 0 Å². The number of nitrogens with zero attached hydrogens (tertiary/aromatic N) is 1. The molecule has 2 heterocycles. The maximum Gasteiger partial charge on any atom is 0.0615 e. The van der Waals surface area contributed by atoms with Gasteiger partial charge in [0, 0.05) is 19.2 Å². The summed E-state index contributed by atoms with van der Waals surface area (Å²) in [6.45, 7) is 6.91. The summed E-state index contributed by atoms with van der Waals surface area (Å²) in [6.07, 6.45) is 5.52. The average molecular weight is 226 g/mol. The lowest BCUT2D eigenvalue weighted by Gasteiger charge is -2.25. The van der Waals surface area contributed by atoms with Crippen molar-refractivity contribution in [3.63, 3.8) is 0 Å². The van der Waals surface area contributed by atoms with Gasteiger partial charge in [-0.15, -0.1) is 0 Å². The molecule has 0 aliphatic carbocycles. The van der Waals surface area contributed by atoms with Crippen LogP contribution >= 0.6 is 0 Å². The van der Waals surface area contributed by atoms with Crippen LogP contribution in [0.15, 0.2) is 0 Å². The van der Waals surface area contributed by atoms with E-state index in [2.05, 4.69) is 17.1 Å². The number of hydrogen-bond acceptors (Lipinski definition) is 3. The summed E-state index contributed by atoms with van der Waals surface area (Å²) in [4.78, 5) is 2.66. The van der Waals surface area contributed by atoms with Gasteiger partial charge in [0.15, 0.2) is 0 Å². The first-order valence-electron chi connectivity index (χ1n) is 6.79. The van der Waals surface area contributed by atoms with E-state index in [1.54, 1.807) is 7.11 Å². The fraction of sp³-hybridized carbons (Fsp3) is 1.00. The molecule has 2 fully saturated rings. The topological polar surface area (TPSA) is 24.5 Å². The standard InChI is InChI=1S/C13H26N2O/c1-3-15-6-4-5-13(15)8-11-7-12(10-16-2)14-9-11/h11-14H,3-10H2,1-2H3. The molecule has 2 aliphatic heterocycles. The Labute approximate surface area is 99.5 Å². The fourth-order valence-electron chi connectivity index (χ4n) is 3.37. The summed E-state index contributed by atoms with van der Waals surface area (Å²) in [5, 5.41) is 3.57. The molecular weight excluding hydrogens is 200 g/mol. The van der Waals surface area contributed by atoms with E-state index in [1.807, 2.05) is 0 Å². The van der Waals surface area contributed by atoms with Crippen LogP contribution in [0.3, 0.4) is 0 Å². The normalized spacial score (nSPS) is 36.0. The highest BCUT2D eigenvalue weighted by molar-refractivity contribution is 4.87. The van der Waals surface area contributed by atoms with Crippen LogP contribution < -0.4 is 5.32 Å². The molecule has 3 atom stereocenters. The van der Waals surface area contributed by atoms with Gasteiger partial charge in [0.05, 0.1) is 6.61 Å². The third-order valence-electron chi connectivity index (χ3n) is 4.19. The Kier molecular flexibility index (Phi) is 4.62. The van der Waals surface area contributed by atoms with E-state index in [1.165, 1.54) is 45.3 Å². The Balaban J connectivity index is 1.74. The second kappa shape index (κ2) is 5.99. The van der Waals surface area contributed by atoms with E-state index in [0.717, 1.165) is 18.6 Å². The SMILES string of the molecule is CCN1CCCC1CC1CNC(COC)C1. The zero-order chi connectivity index (χ0) is 11.4. The summed E-state index contributed by atoms with van der Waals surface area (Å²) in [7, 11) is 1.80. The van der Waals surface area contributed by atoms with Gasteiger partial charge in [-0.25, -0.2) is 0 Å². The molecule has 0 spiro atoms. The molecule has 0 amide bonds. The highest BCUT2D eigenvalue weighted by Gasteiger charge is 2.30. The third kappa shape index (κ3) is 2.96. The Morgan fingerprint density at radius 2 is 2.31 bits per heavy atom. The Morgan fingerprint density at radius 1 is 1.44 bits per heavy atom. The van der Waals surface area contributed by atoms with Crippen LogP contribution in [0, 0.1) is 5.92 Å². The van der Waals surface area contributed by atoms with Gasteiger partial charge in [0.2, 0.25) is 0 Å². The van der Waals surface area contributed by atoms with E-state index >= 15 is 0 Å². The summed E-state index contributed by atoms with van der Waals surface area (Å²) < 4.78 is 5.21. The monoisotopic (exact) mass is 226 g/mol. The van der Waals surface area contributed by atoms with Crippen molar-refractivity contribution < 1.29 is 4.74 Å². The number of rotatable bonds is 5. The summed E-state index contributed by atoms with van der Waals surface area (Å²) in [5.74, 6) is 0.872. The number of nitrogens with one attached hydrogen (secondary N) is 1. The quantitative estimate of drug-likeness (QED) is 0.768. The first kappa shape index (κ1) is 12.3. The van der Waals surface area contributed by atoms with Gasteiger partial charge in [-0.3, -0.25) is 0 Å². The van der Waals surface area contributed by atoms with Gasteiger partial charge in [0.25, 0.3) is 0 Å². The van der Waals surface area contributed by atoms with Crippen LogP contribution in [0.1, 0.15) is 32.6 Å². The van der Waals surface area contributed by atoms with Crippen molar-refractivity contribution in [2.45, 2.75) is 44.7 Å². The summed E-state index contributed by atoms with van der Waals surface area (Å²) in [5.41, 5.74) is 0. The lowest BCUT2D eigenvalue weighted by atomic mass is 9.96. The van der Waals surface area contributed by atoms with Crippen molar-refractivity contribution in [1.29, 1.82) is 0 Å². The van der Waals surface area contributed by atoms with Crippen molar-refractivity contribution in [3.05, 3.63) is 0 Å². The molecule has 0 radical (unpaired) electrons. The zero-order valence-corrected chi connectivity index (χ0v) is 10.7. The predicted octanol–water partition coefficient (Wildman–Crippen LogP) is 1.49. The van der Waals surface area contributed by atoms with Gasteiger partial charge < -0.3 is 15.0 Å². The molecule has 94 valence electrons. The van der Waals surface area contributed by atoms with Crippen molar-refractivity contribution in [2.24, 2.45) is 5.92 Å². The number of hydrogen-bond donors (Lipinski definition) is 1. The Hall–Kier alpha value is -0.120. The zero-order valence-electron chi connectivity index (χ0n) is 10.7. The van der Waals surface area contributed by atoms with Crippen molar-refractivity contribution >= 4 is 0 Å². The smallest absolute Gasteiger partial charge is 0.0615 e. The van der Waals surface area contributed by atoms with Gasteiger partial charge in [-0.2, -0.15) is 0 Å². The molecule has 16 heavy (non-hydrogen) atoms. The van der Waals surface area contributed by atoms with Crippen molar-refractivity contribution in [1.82, 2.24) is 10.2 Å². The van der Waals surface area contributed by atoms with Crippen molar-refractivity contribution in [2.75, 3.05) is 33.4 Å². The van der Waals surface area contributed by atoms with Crippen LogP contribution in [0.5, 0.6) is 0 Å². The van der Waals surface area contributed by atoms with E-state index in [4.69, 9.17) is 4.74 Å². The molecule has 2 aliphatic rings. The minimum atomic E-state index is 0.603. The van der Waals surface area contributed by atoms with Gasteiger partial charge in [0.1, 0.15) is 0 Å². The van der Waals surface area contributed by atoms with Crippen LogP contribution in [0.2, 0.25) is 0 Å². The average Bonchev–Trinajstić information content (AvgIpc) is 2.89. The molecule has 2 saturated heterocycles. The minimum Gasteiger partial charge on any atom is -0.383 e. The fourth-order valence-corrected chi connectivity index (χ4v) is 3.37.